The molecule has 0 saturated carbocycles. The molecule has 0 aromatic heterocycles. The van der Waals surface area contributed by atoms with E-state index in [1.54, 1.807) is 0 Å². The molecule has 0 aliphatic rings. The van der Waals surface area contributed by atoms with E-state index in [1.807, 2.05) is 18.7 Å². The number of nitrogens with two attached hydrogens (primary N) is 1. The summed E-state index contributed by atoms with van der Waals surface area (Å²) in [6, 6.07) is 6.30. The van der Waals surface area contributed by atoms with Gasteiger partial charge in [-0.3, -0.25) is 0 Å². The van der Waals surface area contributed by atoms with Crippen molar-refractivity contribution in [2.24, 2.45) is 0 Å². The van der Waals surface area contributed by atoms with Gasteiger partial charge >= 0.3 is 0 Å². The van der Waals surface area contributed by atoms with Crippen molar-refractivity contribution in [3.8, 4) is 0 Å². The standard InChI is InChI=1S/C11H17NS/c1-3-4-7-13-10-6-5-9(2)11(12)8-10/h5-6,8H,3-4,7,12H2,1-2H3. The van der Waals surface area contributed by atoms with Crippen molar-refractivity contribution in [2.75, 3.05) is 11.5 Å². The van der Waals surface area contributed by atoms with Crippen LogP contribution in [-0.2, 0) is 0 Å². The zero-order valence-corrected chi connectivity index (χ0v) is 9.16. The van der Waals surface area contributed by atoms with E-state index < -0.39 is 0 Å². The molecule has 0 radical (unpaired) electrons. The fourth-order valence-corrected chi connectivity index (χ4v) is 2.09. The van der Waals surface area contributed by atoms with Gasteiger partial charge in [0, 0.05) is 10.6 Å². The summed E-state index contributed by atoms with van der Waals surface area (Å²) in [5, 5.41) is 0. The molecule has 0 aliphatic heterocycles. The van der Waals surface area contributed by atoms with Crippen molar-refractivity contribution in [1.82, 2.24) is 0 Å². The molecule has 2 heteroatoms. The van der Waals surface area contributed by atoms with Gasteiger partial charge in [-0.05, 0) is 36.8 Å². The Hall–Kier alpha value is -0.630. The number of aryl methyl sites for hydroxylation is 1. The van der Waals surface area contributed by atoms with Crippen LogP contribution in [0.5, 0.6) is 0 Å². The Morgan fingerprint density at radius 2 is 2.15 bits per heavy atom. The molecule has 0 amide bonds. The molecule has 0 saturated heterocycles. The van der Waals surface area contributed by atoms with E-state index >= 15 is 0 Å². The van der Waals surface area contributed by atoms with E-state index in [4.69, 9.17) is 5.73 Å². The zero-order chi connectivity index (χ0) is 9.68. The first-order valence-electron chi connectivity index (χ1n) is 4.73. The monoisotopic (exact) mass is 195 g/mol. The van der Waals surface area contributed by atoms with Gasteiger partial charge in [-0.1, -0.05) is 19.4 Å². The van der Waals surface area contributed by atoms with Gasteiger partial charge in [0.15, 0.2) is 0 Å². The molecule has 0 heterocycles. The fourth-order valence-electron chi connectivity index (χ4n) is 1.04. The summed E-state index contributed by atoms with van der Waals surface area (Å²) in [5.74, 6) is 1.19. The van der Waals surface area contributed by atoms with E-state index in [1.165, 1.54) is 29.1 Å². The maximum absolute atomic E-state index is 5.81. The van der Waals surface area contributed by atoms with Gasteiger partial charge in [-0.15, -0.1) is 11.8 Å². The predicted octanol–water partition coefficient (Wildman–Crippen LogP) is 3.47. The lowest BCUT2D eigenvalue weighted by Crippen LogP contribution is -1.89. The summed E-state index contributed by atoms with van der Waals surface area (Å²) in [7, 11) is 0. The Morgan fingerprint density at radius 3 is 2.77 bits per heavy atom. The van der Waals surface area contributed by atoms with E-state index in [0.717, 1.165) is 5.69 Å². The lowest BCUT2D eigenvalue weighted by atomic mass is 10.2. The minimum atomic E-state index is 0.904. The maximum Gasteiger partial charge on any atom is 0.0354 e. The van der Waals surface area contributed by atoms with Crippen LogP contribution in [0.4, 0.5) is 5.69 Å². The minimum absolute atomic E-state index is 0.904. The number of hydrogen-bond donors (Lipinski definition) is 1. The molecule has 1 aromatic carbocycles. The second kappa shape index (κ2) is 5.18. The first kappa shape index (κ1) is 10.5. The van der Waals surface area contributed by atoms with E-state index in [-0.39, 0.29) is 0 Å². The first-order valence-corrected chi connectivity index (χ1v) is 5.71. The first-order chi connectivity index (χ1) is 6.24. The van der Waals surface area contributed by atoms with Crippen molar-refractivity contribution >= 4 is 17.4 Å². The Labute approximate surface area is 84.7 Å². The Morgan fingerprint density at radius 1 is 1.38 bits per heavy atom. The molecule has 0 bridgehead atoms. The van der Waals surface area contributed by atoms with Crippen molar-refractivity contribution in [2.45, 2.75) is 31.6 Å². The second-order valence-corrected chi connectivity index (χ2v) is 4.39. The van der Waals surface area contributed by atoms with Crippen LogP contribution in [0.2, 0.25) is 0 Å². The summed E-state index contributed by atoms with van der Waals surface area (Å²) in [5.41, 5.74) is 7.88. The highest BCUT2D eigenvalue weighted by Crippen LogP contribution is 2.23. The number of anilines is 1. The van der Waals surface area contributed by atoms with Crippen LogP contribution in [0.3, 0.4) is 0 Å². The summed E-state index contributed by atoms with van der Waals surface area (Å²) >= 11 is 1.89. The Bertz CT molecular complexity index is 271. The average molecular weight is 195 g/mol. The van der Waals surface area contributed by atoms with Crippen molar-refractivity contribution in [3.05, 3.63) is 23.8 Å². The fraction of sp³-hybridized carbons (Fsp3) is 0.455. The summed E-state index contributed by atoms with van der Waals surface area (Å²) in [4.78, 5) is 1.29. The lowest BCUT2D eigenvalue weighted by Gasteiger charge is -2.03. The van der Waals surface area contributed by atoms with Gasteiger partial charge in [0.05, 0.1) is 0 Å². The predicted molar refractivity (Wildman–Crippen MR) is 61.2 cm³/mol. The molecule has 0 aliphatic carbocycles. The van der Waals surface area contributed by atoms with Crippen LogP contribution in [0.15, 0.2) is 23.1 Å². The van der Waals surface area contributed by atoms with Gasteiger partial charge in [0.25, 0.3) is 0 Å². The smallest absolute Gasteiger partial charge is 0.0354 e. The molecule has 2 N–H and O–H groups in total. The van der Waals surface area contributed by atoms with Gasteiger partial charge in [-0.2, -0.15) is 0 Å². The molecule has 1 rings (SSSR count). The molecule has 0 atom stereocenters. The minimum Gasteiger partial charge on any atom is -0.398 e. The largest absolute Gasteiger partial charge is 0.398 e. The number of unbranched alkanes of at least 4 members (excludes halogenated alkanes) is 1. The lowest BCUT2D eigenvalue weighted by molar-refractivity contribution is 0.896. The quantitative estimate of drug-likeness (QED) is 0.452. The third kappa shape index (κ3) is 3.31. The highest BCUT2D eigenvalue weighted by Gasteiger charge is 1.96. The zero-order valence-electron chi connectivity index (χ0n) is 8.34. The molecule has 72 valence electrons. The van der Waals surface area contributed by atoms with E-state index in [0.29, 0.717) is 0 Å². The number of rotatable bonds is 4. The van der Waals surface area contributed by atoms with E-state index in [2.05, 4.69) is 25.1 Å². The molecule has 1 aromatic rings. The summed E-state index contributed by atoms with van der Waals surface area (Å²) in [6.45, 7) is 4.25. The molecular formula is C11H17NS. The molecule has 13 heavy (non-hydrogen) atoms. The summed E-state index contributed by atoms with van der Waals surface area (Å²) < 4.78 is 0. The van der Waals surface area contributed by atoms with Crippen LogP contribution in [0, 0.1) is 6.92 Å². The van der Waals surface area contributed by atoms with Crippen LogP contribution in [-0.4, -0.2) is 5.75 Å². The van der Waals surface area contributed by atoms with Gasteiger partial charge in [0.2, 0.25) is 0 Å². The number of nitrogen functional groups attached to an aromatic ring is 1. The molecular weight excluding hydrogens is 178 g/mol. The van der Waals surface area contributed by atoms with E-state index in [9.17, 15) is 0 Å². The van der Waals surface area contributed by atoms with Gasteiger partial charge in [0.1, 0.15) is 0 Å². The molecule has 0 spiro atoms. The highest BCUT2D eigenvalue weighted by molar-refractivity contribution is 7.99. The number of benzene rings is 1. The molecule has 1 nitrogen and oxygen atoms in total. The van der Waals surface area contributed by atoms with Crippen LogP contribution >= 0.6 is 11.8 Å². The van der Waals surface area contributed by atoms with Gasteiger partial charge in [-0.25, -0.2) is 0 Å². The third-order valence-corrected chi connectivity index (χ3v) is 3.10. The highest BCUT2D eigenvalue weighted by atomic mass is 32.2. The van der Waals surface area contributed by atoms with Crippen molar-refractivity contribution in [3.63, 3.8) is 0 Å². The molecule has 0 unspecified atom stereocenters. The van der Waals surface area contributed by atoms with Crippen LogP contribution in [0.25, 0.3) is 0 Å². The summed E-state index contributed by atoms with van der Waals surface area (Å²) in [6.07, 6.45) is 2.53. The van der Waals surface area contributed by atoms with Crippen LogP contribution < -0.4 is 5.73 Å². The third-order valence-electron chi connectivity index (χ3n) is 2.02. The Balaban J connectivity index is 2.53. The van der Waals surface area contributed by atoms with Gasteiger partial charge < -0.3 is 5.73 Å². The second-order valence-electron chi connectivity index (χ2n) is 3.22. The number of thioether (sulfide) groups is 1. The van der Waals surface area contributed by atoms with Crippen LogP contribution in [0.1, 0.15) is 25.3 Å². The molecule has 0 fully saturated rings. The average Bonchev–Trinajstić information content (AvgIpc) is 2.12. The number of hydrogen-bond acceptors (Lipinski definition) is 2. The maximum atomic E-state index is 5.81. The Kier molecular flexibility index (Phi) is 4.16. The normalized spacial score (nSPS) is 10.3. The topological polar surface area (TPSA) is 26.0 Å². The SMILES string of the molecule is CCCCSc1ccc(C)c(N)c1. The van der Waals surface area contributed by atoms with Crippen molar-refractivity contribution in [1.29, 1.82) is 0 Å². The van der Waals surface area contributed by atoms with Crippen molar-refractivity contribution < 1.29 is 0 Å².